The maximum Gasteiger partial charge on any atom is 0.323 e. The summed E-state index contributed by atoms with van der Waals surface area (Å²) in [4.78, 5) is 18.4. The summed E-state index contributed by atoms with van der Waals surface area (Å²) in [7, 11) is 1.45. The van der Waals surface area contributed by atoms with Crippen LogP contribution in [0, 0.1) is 0 Å². The molecule has 1 N–H and O–H groups in total. The number of carbonyl (C=O) groups excluding carboxylic acids is 1. The summed E-state index contributed by atoms with van der Waals surface area (Å²) in [5.41, 5.74) is 0.981. The van der Waals surface area contributed by atoms with E-state index in [1.807, 2.05) is 25.1 Å². The van der Waals surface area contributed by atoms with Gasteiger partial charge < -0.3 is 10.1 Å². The molecule has 0 saturated carbocycles. The van der Waals surface area contributed by atoms with Crippen LogP contribution in [0.1, 0.15) is 25.5 Å². The predicted octanol–water partition coefficient (Wildman–Crippen LogP) is 1.65. The number of nitrogens with zero attached hydrogens (tertiary/aromatic N) is 2. The zero-order valence-corrected chi connectivity index (χ0v) is 11.6. The topological polar surface area (TPSA) is 54.5 Å². The van der Waals surface area contributed by atoms with Crippen molar-refractivity contribution in [2.24, 2.45) is 0 Å². The highest BCUT2D eigenvalue weighted by atomic mass is 16.5. The van der Waals surface area contributed by atoms with Crippen molar-refractivity contribution in [2.75, 3.05) is 25.5 Å². The second kappa shape index (κ2) is 6.52. The molecule has 5 nitrogen and oxygen atoms in total. The van der Waals surface area contributed by atoms with Crippen LogP contribution in [-0.2, 0) is 16.1 Å². The molecule has 1 aromatic heterocycles. The van der Waals surface area contributed by atoms with Crippen molar-refractivity contribution in [3.05, 3.63) is 23.9 Å². The molecule has 0 radical (unpaired) electrons. The molecule has 1 unspecified atom stereocenters. The quantitative estimate of drug-likeness (QED) is 0.819. The van der Waals surface area contributed by atoms with E-state index in [-0.39, 0.29) is 12.0 Å². The fraction of sp³-hybridized carbons (Fsp3) is 0.571. The number of hydrogen-bond acceptors (Lipinski definition) is 5. The lowest BCUT2D eigenvalue weighted by atomic mass is 10.2. The maximum atomic E-state index is 11.7. The molecule has 0 bridgehead atoms. The Morgan fingerprint density at radius 3 is 3.16 bits per heavy atom. The standard InChI is InChI=1S/C14H21N3O2/c1-3-15-13-8-4-6-11(16-13)10-17-9-5-7-12(17)14(18)19-2/h4,6,8,12H,3,5,7,9-10H2,1-2H3,(H,15,16). The first-order valence-corrected chi connectivity index (χ1v) is 6.76. The van der Waals surface area contributed by atoms with Gasteiger partial charge in [-0.1, -0.05) is 6.07 Å². The third-order valence-corrected chi connectivity index (χ3v) is 3.37. The highest BCUT2D eigenvalue weighted by Crippen LogP contribution is 2.20. The monoisotopic (exact) mass is 263 g/mol. The first-order chi connectivity index (χ1) is 9.24. The van der Waals surface area contributed by atoms with Gasteiger partial charge in [0.05, 0.1) is 12.8 Å². The lowest BCUT2D eigenvalue weighted by Crippen LogP contribution is -2.36. The van der Waals surface area contributed by atoms with Gasteiger partial charge in [0.15, 0.2) is 0 Å². The SMILES string of the molecule is CCNc1cccc(CN2CCCC2C(=O)OC)n1. The molecule has 1 atom stereocenters. The molecule has 1 saturated heterocycles. The molecule has 1 aliphatic heterocycles. The summed E-state index contributed by atoms with van der Waals surface area (Å²) in [6, 6.07) is 5.82. The third-order valence-electron chi connectivity index (χ3n) is 3.37. The fourth-order valence-electron chi connectivity index (χ4n) is 2.47. The number of carbonyl (C=O) groups is 1. The molecule has 0 aliphatic carbocycles. The van der Waals surface area contributed by atoms with Crippen LogP contribution in [0.5, 0.6) is 0 Å². The molecule has 2 heterocycles. The first kappa shape index (κ1) is 13.8. The first-order valence-electron chi connectivity index (χ1n) is 6.76. The van der Waals surface area contributed by atoms with E-state index < -0.39 is 0 Å². The average Bonchev–Trinajstić information content (AvgIpc) is 2.87. The Balaban J connectivity index is 2.03. The third kappa shape index (κ3) is 3.44. The van der Waals surface area contributed by atoms with E-state index >= 15 is 0 Å². The number of methoxy groups -OCH3 is 1. The number of aromatic nitrogens is 1. The molecule has 5 heteroatoms. The van der Waals surface area contributed by atoms with Gasteiger partial charge in [-0.3, -0.25) is 9.69 Å². The summed E-state index contributed by atoms with van der Waals surface area (Å²) < 4.78 is 4.85. The van der Waals surface area contributed by atoms with Crippen LogP contribution in [0.15, 0.2) is 18.2 Å². The molecule has 0 spiro atoms. The van der Waals surface area contributed by atoms with Crippen LogP contribution in [0.3, 0.4) is 0 Å². The van der Waals surface area contributed by atoms with Crippen molar-refractivity contribution in [1.82, 2.24) is 9.88 Å². The lowest BCUT2D eigenvalue weighted by molar-refractivity contribution is -0.146. The van der Waals surface area contributed by atoms with E-state index in [1.165, 1.54) is 7.11 Å². The number of esters is 1. The van der Waals surface area contributed by atoms with E-state index in [1.54, 1.807) is 0 Å². The number of likely N-dealkylation sites (tertiary alicyclic amines) is 1. The Morgan fingerprint density at radius 2 is 2.42 bits per heavy atom. The molecule has 0 aromatic carbocycles. The number of nitrogens with one attached hydrogen (secondary N) is 1. The van der Waals surface area contributed by atoms with Crippen LogP contribution in [0.4, 0.5) is 5.82 Å². The van der Waals surface area contributed by atoms with E-state index in [0.29, 0.717) is 6.54 Å². The molecule has 0 amide bonds. The van der Waals surface area contributed by atoms with Crippen LogP contribution in [0.2, 0.25) is 0 Å². The number of hydrogen-bond donors (Lipinski definition) is 1. The van der Waals surface area contributed by atoms with Gasteiger partial charge in [0.25, 0.3) is 0 Å². The van der Waals surface area contributed by atoms with Crippen molar-refractivity contribution < 1.29 is 9.53 Å². The van der Waals surface area contributed by atoms with Gasteiger partial charge in [-0.25, -0.2) is 4.98 Å². The van der Waals surface area contributed by atoms with E-state index in [4.69, 9.17) is 4.74 Å². The van der Waals surface area contributed by atoms with Crippen molar-refractivity contribution in [1.29, 1.82) is 0 Å². The Labute approximate surface area is 114 Å². The fourth-order valence-corrected chi connectivity index (χ4v) is 2.47. The van der Waals surface area contributed by atoms with Gasteiger partial charge in [-0.05, 0) is 38.4 Å². The molecular weight excluding hydrogens is 242 g/mol. The lowest BCUT2D eigenvalue weighted by Gasteiger charge is -2.22. The van der Waals surface area contributed by atoms with Gasteiger partial charge >= 0.3 is 5.97 Å². The van der Waals surface area contributed by atoms with Crippen molar-refractivity contribution in [2.45, 2.75) is 32.4 Å². The maximum absolute atomic E-state index is 11.7. The van der Waals surface area contributed by atoms with Crippen molar-refractivity contribution in [3.8, 4) is 0 Å². The second-order valence-electron chi connectivity index (χ2n) is 4.70. The molecule has 1 aromatic rings. The zero-order chi connectivity index (χ0) is 13.7. The smallest absolute Gasteiger partial charge is 0.323 e. The van der Waals surface area contributed by atoms with Gasteiger partial charge in [0.1, 0.15) is 11.9 Å². The predicted molar refractivity (Wildman–Crippen MR) is 73.8 cm³/mol. The summed E-state index contributed by atoms with van der Waals surface area (Å²) in [5.74, 6) is 0.745. The summed E-state index contributed by atoms with van der Waals surface area (Å²) >= 11 is 0. The van der Waals surface area contributed by atoms with Crippen LogP contribution in [-0.4, -0.2) is 42.1 Å². The Morgan fingerprint density at radius 1 is 1.58 bits per heavy atom. The van der Waals surface area contributed by atoms with Crippen molar-refractivity contribution >= 4 is 11.8 Å². The summed E-state index contributed by atoms with van der Waals surface area (Å²) in [6.45, 7) is 4.51. The summed E-state index contributed by atoms with van der Waals surface area (Å²) in [5, 5.41) is 3.20. The Bertz CT molecular complexity index is 436. The minimum atomic E-state index is -0.139. The van der Waals surface area contributed by atoms with Crippen LogP contribution in [0.25, 0.3) is 0 Å². The molecule has 1 aliphatic rings. The van der Waals surface area contributed by atoms with E-state index in [0.717, 1.165) is 37.4 Å². The molecule has 2 rings (SSSR count). The number of ether oxygens (including phenoxy) is 1. The number of rotatable bonds is 5. The molecule has 19 heavy (non-hydrogen) atoms. The molecule has 1 fully saturated rings. The van der Waals surface area contributed by atoms with E-state index in [2.05, 4.69) is 15.2 Å². The molecular formula is C14H21N3O2. The normalized spacial score (nSPS) is 19.4. The van der Waals surface area contributed by atoms with Gasteiger partial charge in [-0.2, -0.15) is 0 Å². The zero-order valence-electron chi connectivity index (χ0n) is 11.6. The minimum Gasteiger partial charge on any atom is -0.468 e. The highest BCUT2D eigenvalue weighted by Gasteiger charge is 2.31. The summed E-state index contributed by atoms with van der Waals surface area (Å²) in [6.07, 6.45) is 1.91. The largest absolute Gasteiger partial charge is 0.468 e. The van der Waals surface area contributed by atoms with Crippen molar-refractivity contribution in [3.63, 3.8) is 0 Å². The Hall–Kier alpha value is -1.62. The number of anilines is 1. The average molecular weight is 263 g/mol. The van der Waals surface area contributed by atoms with Gasteiger partial charge in [0.2, 0.25) is 0 Å². The Kier molecular flexibility index (Phi) is 4.74. The molecule has 104 valence electrons. The van der Waals surface area contributed by atoms with Gasteiger partial charge in [-0.15, -0.1) is 0 Å². The van der Waals surface area contributed by atoms with E-state index in [9.17, 15) is 4.79 Å². The number of pyridine rings is 1. The van der Waals surface area contributed by atoms with Gasteiger partial charge in [0, 0.05) is 13.1 Å². The van der Waals surface area contributed by atoms with Crippen LogP contribution >= 0.6 is 0 Å². The minimum absolute atomic E-state index is 0.116. The highest BCUT2D eigenvalue weighted by molar-refractivity contribution is 5.75. The van der Waals surface area contributed by atoms with Crippen LogP contribution < -0.4 is 5.32 Å². The second-order valence-corrected chi connectivity index (χ2v) is 4.70.